The maximum Gasteiger partial charge on any atom is 0.410 e. The molecule has 1 aliphatic heterocycles. The van der Waals surface area contributed by atoms with Crippen molar-refractivity contribution in [1.82, 2.24) is 10.2 Å². The fourth-order valence-corrected chi connectivity index (χ4v) is 1.97. The summed E-state index contributed by atoms with van der Waals surface area (Å²) >= 11 is 0. The maximum absolute atomic E-state index is 11.8. The average molecular weight is 258 g/mol. The third-order valence-corrected chi connectivity index (χ3v) is 2.85. The number of ether oxygens (including phenoxy) is 2. The van der Waals surface area contributed by atoms with E-state index in [1.54, 1.807) is 12.0 Å². The van der Waals surface area contributed by atoms with Crippen LogP contribution in [-0.2, 0) is 9.47 Å². The van der Waals surface area contributed by atoms with E-state index in [9.17, 15) is 4.79 Å². The summed E-state index contributed by atoms with van der Waals surface area (Å²) in [5.74, 6) is 0.523. The first-order valence-corrected chi connectivity index (χ1v) is 6.60. The molecule has 0 radical (unpaired) electrons. The van der Waals surface area contributed by atoms with E-state index in [1.807, 2.05) is 20.8 Å². The second kappa shape index (κ2) is 6.95. The molecule has 18 heavy (non-hydrogen) atoms. The molecule has 0 aromatic rings. The lowest BCUT2D eigenvalue weighted by atomic mass is 10.1. The molecule has 0 saturated carbocycles. The first-order valence-electron chi connectivity index (χ1n) is 6.60. The standard InChI is InChI=1S/C13H26N2O3/c1-13(2,3)18-12(16)15-7-5-11(10-15)9-14-6-8-17-4/h11,14H,5-10H2,1-4H3. The number of carbonyl (C=O) groups is 1. The molecule has 1 saturated heterocycles. The molecule has 1 atom stereocenters. The van der Waals surface area contributed by atoms with Crippen LogP contribution in [0.1, 0.15) is 27.2 Å². The Hall–Kier alpha value is -0.810. The molecule has 1 fully saturated rings. The highest BCUT2D eigenvalue weighted by atomic mass is 16.6. The summed E-state index contributed by atoms with van der Waals surface area (Å²) in [6.07, 6.45) is 0.848. The Morgan fingerprint density at radius 2 is 2.17 bits per heavy atom. The summed E-state index contributed by atoms with van der Waals surface area (Å²) in [4.78, 5) is 13.6. The van der Waals surface area contributed by atoms with Gasteiger partial charge in [-0.2, -0.15) is 0 Å². The van der Waals surface area contributed by atoms with Crippen molar-refractivity contribution in [3.63, 3.8) is 0 Å². The lowest BCUT2D eigenvalue weighted by Crippen LogP contribution is -2.36. The van der Waals surface area contributed by atoms with Crippen LogP contribution in [-0.4, -0.2) is 56.5 Å². The van der Waals surface area contributed by atoms with E-state index < -0.39 is 5.60 Å². The van der Waals surface area contributed by atoms with Gasteiger partial charge in [-0.05, 0) is 39.7 Å². The highest BCUT2D eigenvalue weighted by Gasteiger charge is 2.29. The van der Waals surface area contributed by atoms with Gasteiger partial charge in [-0.3, -0.25) is 0 Å². The zero-order chi connectivity index (χ0) is 13.6. The van der Waals surface area contributed by atoms with Gasteiger partial charge in [0.15, 0.2) is 0 Å². The SMILES string of the molecule is COCCNCC1CCN(C(=O)OC(C)(C)C)C1. The molecular formula is C13H26N2O3. The number of rotatable bonds is 5. The Morgan fingerprint density at radius 1 is 1.44 bits per heavy atom. The van der Waals surface area contributed by atoms with Crippen LogP contribution in [0.3, 0.4) is 0 Å². The number of likely N-dealkylation sites (tertiary alicyclic amines) is 1. The smallest absolute Gasteiger partial charge is 0.410 e. The average Bonchev–Trinajstić information content (AvgIpc) is 2.71. The van der Waals surface area contributed by atoms with Crippen LogP contribution in [0.2, 0.25) is 0 Å². The van der Waals surface area contributed by atoms with Gasteiger partial charge in [-0.1, -0.05) is 0 Å². The van der Waals surface area contributed by atoms with Crippen LogP contribution < -0.4 is 5.32 Å². The third kappa shape index (κ3) is 5.69. The minimum absolute atomic E-state index is 0.193. The van der Waals surface area contributed by atoms with Crippen LogP contribution in [0, 0.1) is 5.92 Å². The molecule has 1 amide bonds. The van der Waals surface area contributed by atoms with Gasteiger partial charge in [0.1, 0.15) is 5.60 Å². The summed E-state index contributed by atoms with van der Waals surface area (Å²) in [5.41, 5.74) is -0.411. The predicted octanol–water partition coefficient (Wildman–Crippen LogP) is 1.48. The molecule has 5 nitrogen and oxygen atoms in total. The number of hydrogen-bond acceptors (Lipinski definition) is 4. The fraction of sp³-hybridized carbons (Fsp3) is 0.923. The van der Waals surface area contributed by atoms with Crippen molar-refractivity contribution in [2.45, 2.75) is 32.8 Å². The number of amides is 1. The fourth-order valence-electron chi connectivity index (χ4n) is 1.97. The van der Waals surface area contributed by atoms with E-state index in [2.05, 4.69) is 5.32 Å². The van der Waals surface area contributed by atoms with Crippen molar-refractivity contribution in [3.8, 4) is 0 Å². The van der Waals surface area contributed by atoms with Gasteiger partial charge in [0, 0.05) is 26.7 Å². The van der Waals surface area contributed by atoms with Gasteiger partial charge in [0.25, 0.3) is 0 Å². The van der Waals surface area contributed by atoms with Crippen LogP contribution in [0.15, 0.2) is 0 Å². The van der Waals surface area contributed by atoms with E-state index >= 15 is 0 Å². The van der Waals surface area contributed by atoms with Crippen LogP contribution in [0.4, 0.5) is 4.79 Å². The van der Waals surface area contributed by atoms with E-state index in [0.717, 1.165) is 39.2 Å². The number of methoxy groups -OCH3 is 1. The first-order chi connectivity index (χ1) is 8.42. The number of hydrogen-bond donors (Lipinski definition) is 1. The van der Waals surface area contributed by atoms with E-state index in [0.29, 0.717) is 5.92 Å². The molecule has 1 unspecified atom stereocenters. The molecule has 0 bridgehead atoms. The molecule has 0 aromatic carbocycles. The zero-order valence-corrected chi connectivity index (χ0v) is 12.0. The Kier molecular flexibility index (Phi) is 5.88. The Bertz CT molecular complexity index is 263. The number of nitrogens with one attached hydrogen (secondary N) is 1. The molecular weight excluding hydrogens is 232 g/mol. The van der Waals surface area contributed by atoms with Crippen molar-refractivity contribution >= 4 is 6.09 Å². The summed E-state index contributed by atoms with van der Waals surface area (Å²) in [6, 6.07) is 0. The second-order valence-corrected chi connectivity index (χ2v) is 5.78. The number of nitrogens with zero attached hydrogens (tertiary/aromatic N) is 1. The van der Waals surface area contributed by atoms with Crippen LogP contribution in [0.25, 0.3) is 0 Å². The quantitative estimate of drug-likeness (QED) is 0.759. The third-order valence-electron chi connectivity index (χ3n) is 2.85. The second-order valence-electron chi connectivity index (χ2n) is 5.78. The highest BCUT2D eigenvalue weighted by molar-refractivity contribution is 5.68. The van der Waals surface area contributed by atoms with Gasteiger partial charge >= 0.3 is 6.09 Å². The molecule has 106 valence electrons. The minimum atomic E-state index is -0.411. The number of carbonyl (C=O) groups excluding carboxylic acids is 1. The van der Waals surface area contributed by atoms with Gasteiger partial charge in [0.05, 0.1) is 6.61 Å². The van der Waals surface area contributed by atoms with Crippen molar-refractivity contribution in [1.29, 1.82) is 0 Å². The largest absolute Gasteiger partial charge is 0.444 e. The van der Waals surface area contributed by atoms with E-state index in [4.69, 9.17) is 9.47 Å². The molecule has 5 heteroatoms. The Labute approximate surface area is 110 Å². The van der Waals surface area contributed by atoms with E-state index in [1.165, 1.54) is 0 Å². The van der Waals surface area contributed by atoms with Crippen molar-refractivity contribution < 1.29 is 14.3 Å². The molecule has 1 aliphatic rings. The Balaban J connectivity index is 2.22. The van der Waals surface area contributed by atoms with Gasteiger partial charge in [0.2, 0.25) is 0 Å². The minimum Gasteiger partial charge on any atom is -0.444 e. The lowest BCUT2D eigenvalue weighted by molar-refractivity contribution is 0.0288. The summed E-state index contributed by atoms with van der Waals surface area (Å²) in [5, 5.41) is 3.33. The molecule has 0 spiro atoms. The highest BCUT2D eigenvalue weighted by Crippen LogP contribution is 2.18. The van der Waals surface area contributed by atoms with Gasteiger partial charge in [-0.25, -0.2) is 4.79 Å². The Morgan fingerprint density at radius 3 is 2.78 bits per heavy atom. The topological polar surface area (TPSA) is 50.8 Å². The predicted molar refractivity (Wildman–Crippen MR) is 70.7 cm³/mol. The van der Waals surface area contributed by atoms with Crippen molar-refractivity contribution in [2.24, 2.45) is 5.92 Å². The summed E-state index contributed by atoms with van der Waals surface area (Å²) in [7, 11) is 1.70. The molecule has 1 heterocycles. The molecule has 0 aliphatic carbocycles. The normalized spacial score (nSPS) is 20.2. The molecule has 1 N–H and O–H groups in total. The van der Waals surface area contributed by atoms with Crippen LogP contribution >= 0.6 is 0 Å². The molecule has 1 rings (SSSR count). The van der Waals surface area contributed by atoms with Crippen molar-refractivity contribution in [3.05, 3.63) is 0 Å². The summed E-state index contributed by atoms with van der Waals surface area (Å²) in [6.45, 7) is 9.78. The molecule has 0 aromatic heterocycles. The first kappa shape index (κ1) is 15.2. The van der Waals surface area contributed by atoms with Crippen LogP contribution in [0.5, 0.6) is 0 Å². The lowest BCUT2D eigenvalue weighted by Gasteiger charge is -2.24. The van der Waals surface area contributed by atoms with Gasteiger partial charge < -0.3 is 19.7 Å². The van der Waals surface area contributed by atoms with Crippen molar-refractivity contribution in [2.75, 3.05) is 39.9 Å². The zero-order valence-electron chi connectivity index (χ0n) is 12.0. The van der Waals surface area contributed by atoms with Gasteiger partial charge in [-0.15, -0.1) is 0 Å². The summed E-state index contributed by atoms with van der Waals surface area (Å²) < 4.78 is 10.3. The maximum atomic E-state index is 11.8. The monoisotopic (exact) mass is 258 g/mol. The van der Waals surface area contributed by atoms with E-state index in [-0.39, 0.29) is 6.09 Å².